The van der Waals surface area contributed by atoms with Gasteiger partial charge in [-0.2, -0.15) is 5.26 Å². The first-order chi connectivity index (χ1) is 14.0. The fourth-order valence-electron chi connectivity index (χ4n) is 4.78. The highest BCUT2D eigenvalue weighted by Gasteiger charge is 2.40. The number of carbonyl (C=O) groups excluding carboxylic acids is 2. The summed E-state index contributed by atoms with van der Waals surface area (Å²) < 4.78 is 0. The predicted octanol–water partition coefficient (Wildman–Crippen LogP) is 1.49. The maximum Gasteiger partial charge on any atom is 0.228 e. The molecular formula is C21H28N6O2. The van der Waals surface area contributed by atoms with Gasteiger partial charge in [0.15, 0.2) is 0 Å². The Kier molecular flexibility index (Phi) is 5.65. The van der Waals surface area contributed by atoms with Gasteiger partial charge in [0.25, 0.3) is 0 Å². The molecule has 154 valence electrons. The summed E-state index contributed by atoms with van der Waals surface area (Å²) in [6.45, 7) is 4.87. The molecule has 0 N–H and O–H groups in total. The molecule has 4 rings (SSSR count). The molecule has 1 atom stereocenters. The van der Waals surface area contributed by atoms with Crippen LogP contribution < -0.4 is 4.90 Å². The molecule has 0 bridgehead atoms. The van der Waals surface area contributed by atoms with Crippen molar-refractivity contribution >= 4 is 17.8 Å². The Morgan fingerprint density at radius 2 is 1.86 bits per heavy atom. The Morgan fingerprint density at radius 1 is 1.14 bits per heavy atom. The van der Waals surface area contributed by atoms with Crippen molar-refractivity contribution in [3.63, 3.8) is 0 Å². The fraction of sp³-hybridized carbons (Fsp3) is 0.667. The van der Waals surface area contributed by atoms with Crippen molar-refractivity contribution in [3.8, 4) is 6.07 Å². The lowest BCUT2D eigenvalue weighted by atomic mass is 9.94. The number of carbonyl (C=O) groups is 2. The van der Waals surface area contributed by atoms with E-state index < -0.39 is 0 Å². The van der Waals surface area contributed by atoms with E-state index in [2.05, 4.69) is 16.0 Å². The zero-order valence-electron chi connectivity index (χ0n) is 17.0. The molecule has 0 radical (unpaired) electrons. The number of nitriles is 1. The third-order valence-corrected chi connectivity index (χ3v) is 6.35. The molecular weight excluding hydrogens is 368 g/mol. The van der Waals surface area contributed by atoms with Crippen LogP contribution in [0.2, 0.25) is 0 Å². The van der Waals surface area contributed by atoms with Gasteiger partial charge < -0.3 is 14.7 Å². The van der Waals surface area contributed by atoms with Gasteiger partial charge in [-0.1, -0.05) is 19.3 Å². The van der Waals surface area contributed by atoms with Crippen LogP contribution in [0.25, 0.3) is 0 Å². The maximum atomic E-state index is 13.0. The van der Waals surface area contributed by atoms with Crippen molar-refractivity contribution in [2.24, 2.45) is 5.92 Å². The van der Waals surface area contributed by atoms with Crippen LogP contribution in [-0.2, 0) is 9.59 Å². The monoisotopic (exact) mass is 396 g/mol. The lowest BCUT2D eigenvalue weighted by Gasteiger charge is -2.36. The van der Waals surface area contributed by atoms with Crippen LogP contribution in [0, 0.1) is 24.2 Å². The van der Waals surface area contributed by atoms with E-state index >= 15 is 0 Å². The summed E-state index contributed by atoms with van der Waals surface area (Å²) in [5, 5.41) is 9.11. The maximum absolute atomic E-state index is 13.0. The molecule has 1 aromatic heterocycles. The summed E-state index contributed by atoms with van der Waals surface area (Å²) in [4.78, 5) is 40.1. The number of aromatic nitrogens is 2. The van der Waals surface area contributed by atoms with Crippen LogP contribution in [-0.4, -0.2) is 70.3 Å². The molecule has 2 amide bonds. The highest BCUT2D eigenvalue weighted by Crippen LogP contribution is 2.29. The van der Waals surface area contributed by atoms with Crippen molar-refractivity contribution in [1.82, 2.24) is 19.8 Å². The van der Waals surface area contributed by atoms with Gasteiger partial charge in [0.1, 0.15) is 11.8 Å². The smallest absolute Gasteiger partial charge is 0.228 e. The molecule has 1 aromatic rings. The van der Waals surface area contributed by atoms with E-state index in [1.807, 2.05) is 21.6 Å². The van der Waals surface area contributed by atoms with Gasteiger partial charge in [-0.25, -0.2) is 9.97 Å². The Balaban J connectivity index is 1.34. The second-order valence-corrected chi connectivity index (χ2v) is 8.36. The molecule has 1 unspecified atom stereocenters. The van der Waals surface area contributed by atoms with Crippen molar-refractivity contribution in [2.75, 3.05) is 37.6 Å². The standard InChI is InChI=1S/C21H28N6O2/c1-15-11-17(13-22)24-21(23-15)26-9-7-25(8-10-26)20(29)16-12-19(28)27(14-16)18-5-3-2-4-6-18/h11,16,18H,2-10,12,14H2,1H3. The minimum atomic E-state index is -0.212. The lowest BCUT2D eigenvalue weighted by molar-refractivity contribution is -0.136. The number of likely N-dealkylation sites (tertiary alicyclic amines) is 1. The molecule has 1 saturated carbocycles. The number of amides is 2. The first-order valence-electron chi connectivity index (χ1n) is 10.6. The second-order valence-electron chi connectivity index (χ2n) is 8.36. The average Bonchev–Trinajstić information content (AvgIpc) is 3.15. The van der Waals surface area contributed by atoms with E-state index in [1.165, 1.54) is 19.3 Å². The molecule has 0 spiro atoms. The summed E-state index contributed by atoms with van der Waals surface area (Å²) in [7, 11) is 0. The minimum Gasteiger partial charge on any atom is -0.339 e. The van der Waals surface area contributed by atoms with Gasteiger partial charge in [-0.15, -0.1) is 0 Å². The van der Waals surface area contributed by atoms with Crippen LogP contribution in [0.5, 0.6) is 0 Å². The Bertz CT molecular complexity index is 821. The van der Waals surface area contributed by atoms with Gasteiger partial charge in [-0.3, -0.25) is 9.59 Å². The normalized spacial score (nSPS) is 23.4. The second kappa shape index (κ2) is 8.36. The minimum absolute atomic E-state index is 0.0965. The summed E-state index contributed by atoms with van der Waals surface area (Å²) in [6.07, 6.45) is 6.12. The molecule has 3 aliphatic rings. The molecule has 8 heteroatoms. The van der Waals surface area contributed by atoms with E-state index in [4.69, 9.17) is 5.26 Å². The van der Waals surface area contributed by atoms with E-state index in [1.54, 1.807) is 6.07 Å². The Morgan fingerprint density at radius 3 is 2.55 bits per heavy atom. The van der Waals surface area contributed by atoms with E-state index in [0.717, 1.165) is 18.5 Å². The first kappa shape index (κ1) is 19.6. The molecule has 1 aliphatic carbocycles. The van der Waals surface area contributed by atoms with E-state index in [9.17, 15) is 9.59 Å². The van der Waals surface area contributed by atoms with E-state index in [0.29, 0.717) is 56.8 Å². The van der Waals surface area contributed by atoms with Crippen LogP contribution >= 0.6 is 0 Å². The third kappa shape index (κ3) is 4.19. The molecule has 3 fully saturated rings. The highest BCUT2D eigenvalue weighted by molar-refractivity contribution is 5.89. The highest BCUT2D eigenvalue weighted by atomic mass is 16.2. The Labute approximate surface area is 171 Å². The fourth-order valence-corrected chi connectivity index (χ4v) is 4.78. The summed E-state index contributed by atoms with van der Waals surface area (Å²) in [5.41, 5.74) is 1.12. The number of hydrogen-bond acceptors (Lipinski definition) is 6. The number of nitrogens with zero attached hydrogens (tertiary/aromatic N) is 6. The molecule has 8 nitrogen and oxygen atoms in total. The third-order valence-electron chi connectivity index (χ3n) is 6.35. The lowest BCUT2D eigenvalue weighted by Crippen LogP contribution is -2.51. The van der Waals surface area contributed by atoms with Gasteiger partial charge in [0.2, 0.25) is 17.8 Å². The molecule has 2 aliphatic heterocycles. The van der Waals surface area contributed by atoms with Crippen LogP contribution in [0.15, 0.2) is 6.07 Å². The van der Waals surface area contributed by atoms with Crippen molar-refractivity contribution in [3.05, 3.63) is 17.5 Å². The van der Waals surface area contributed by atoms with Crippen molar-refractivity contribution < 1.29 is 9.59 Å². The quantitative estimate of drug-likeness (QED) is 0.768. The van der Waals surface area contributed by atoms with Gasteiger partial charge >= 0.3 is 0 Å². The van der Waals surface area contributed by atoms with Crippen LogP contribution in [0.3, 0.4) is 0 Å². The van der Waals surface area contributed by atoms with E-state index in [-0.39, 0.29) is 17.7 Å². The van der Waals surface area contributed by atoms with Gasteiger partial charge in [0, 0.05) is 50.9 Å². The first-order valence-corrected chi connectivity index (χ1v) is 10.6. The number of piperazine rings is 1. The summed E-state index contributed by atoms with van der Waals surface area (Å²) >= 11 is 0. The number of rotatable bonds is 3. The zero-order valence-corrected chi connectivity index (χ0v) is 17.0. The number of anilines is 1. The molecule has 29 heavy (non-hydrogen) atoms. The van der Waals surface area contributed by atoms with Crippen LogP contribution in [0.4, 0.5) is 5.95 Å². The number of hydrogen-bond donors (Lipinski definition) is 0. The number of aryl methyl sites for hydroxylation is 1. The van der Waals surface area contributed by atoms with Gasteiger partial charge in [-0.05, 0) is 25.8 Å². The average molecular weight is 396 g/mol. The molecule has 3 heterocycles. The largest absolute Gasteiger partial charge is 0.339 e. The van der Waals surface area contributed by atoms with Crippen molar-refractivity contribution in [1.29, 1.82) is 5.26 Å². The topological polar surface area (TPSA) is 93.4 Å². The zero-order chi connectivity index (χ0) is 20.4. The molecule has 0 aromatic carbocycles. The predicted molar refractivity (Wildman–Crippen MR) is 107 cm³/mol. The SMILES string of the molecule is Cc1cc(C#N)nc(N2CCN(C(=O)C3CC(=O)N(C4CCCCC4)C3)CC2)n1. The van der Waals surface area contributed by atoms with Crippen molar-refractivity contribution in [2.45, 2.75) is 51.5 Å². The summed E-state index contributed by atoms with van der Waals surface area (Å²) in [5.74, 6) is 0.579. The van der Waals surface area contributed by atoms with Crippen LogP contribution in [0.1, 0.15) is 49.9 Å². The van der Waals surface area contributed by atoms with Gasteiger partial charge in [0.05, 0.1) is 5.92 Å². The summed E-state index contributed by atoms with van der Waals surface area (Å²) in [6, 6.07) is 4.06. The Hall–Kier alpha value is -2.69. The molecule has 2 saturated heterocycles.